The Morgan fingerprint density at radius 2 is 1.75 bits per heavy atom. The zero-order chi connectivity index (χ0) is 14.9. The lowest BCUT2D eigenvalue weighted by Gasteiger charge is -2.21. The molecule has 0 radical (unpaired) electrons. The van der Waals surface area contributed by atoms with Crippen molar-refractivity contribution in [3.63, 3.8) is 0 Å². The molecule has 1 atom stereocenters. The fourth-order valence-corrected chi connectivity index (χ4v) is 2.40. The van der Waals surface area contributed by atoms with Gasteiger partial charge in [0.15, 0.2) is 0 Å². The smallest absolute Gasteiger partial charge is 0.134 e. The van der Waals surface area contributed by atoms with E-state index < -0.39 is 17.7 Å². The van der Waals surface area contributed by atoms with E-state index in [-0.39, 0.29) is 5.56 Å². The van der Waals surface area contributed by atoms with Crippen molar-refractivity contribution >= 4 is 0 Å². The van der Waals surface area contributed by atoms with Gasteiger partial charge in [-0.05, 0) is 51.1 Å². The molecule has 2 nitrogen and oxygen atoms in total. The van der Waals surface area contributed by atoms with Crippen molar-refractivity contribution in [3.8, 4) is 0 Å². The maximum Gasteiger partial charge on any atom is 0.134 e. The van der Waals surface area contributed by atoms with E-state index in [0.717, 1.165) is 17.0 Å². The molecule has 0 saturated heterocycles. The Kier molecular flexibility index (Phi) is 4.14. The van der Waals surface area contributed by atoms with Crippen molar-refractivity contribution < 1.29 is 8.78 Å². The highest BCUT2D eigenvalue weighted by Gasteiger charge is 2.23. The van der Waals surface area contributed by atoms with Gasteiger partial charge in [0.2, 0.25) is 0 Å². The van der Waals surface area contributed by atoms with Gasteiger partial charge in [-0.1, -0.05) is 12.1 Å². The minimum absolute atomic E-state index is 0.0428. The lowest BCUT2D eigenvalue weighted by atomic mass is 9.95. The maximum absolute atomic E-state index is 14.3. The Morgan fingerprint density at radius 1 is 1.05 bits per heavy atom. The monoisotopic (exact) mass is 276 g/mol. The number of hydrogen-bond donors (Lipinski definition) is 1. The lowest BCUT2D eigenvalue weighted by Crippen LogP contribution is -2.22. The van der Waals surface area contributed by atoms with Crippen LogP contribution in [0.25, 0.3) is 0 Å². The van der Waals surface area contributed by atoms with Crippen LogP contribution in [-0.2, 0) is 0 Å². The highest BCUT2D eigenvalue weighted by molar-refractivity contribution is 5.38. The number of rotatable bonds is 3. The zero-order valence-corrected chi connectivity index (χ0v) is 12.1. The van der Waals surface area contributed by atoms with Gasteiger partial charge >= 0.3 is 0 Å². The second-order valence-electron chi connectivity index (χ2n) is 4.94. The number of aryl methyl sites for hydroxylation is 3. The summed E-state index contributed by atoms with van der Waals surface area (Å²) >= 11 is 0. The van der Waals surface area contributed by atoms with Crippen molar-refractivity contribution in [2.45, 2.75) is 26.8 Å². The van der Waals surface area contributed by atoms with Crippen LogP contribution in [0.15, 0.2) is 24.3 Å². The van der Waals surface area contributed by atoms with E-state index in [2.05, 4.69) is 10.3 Å². The molecule has 0 aliphatic heterocycles. The summed E-state index contributed by atoms with van der Waals surface area (Å²) in [5.41, 5.74) is 2.90. The molecule has 0 spiro atoms. The number of pyridine rings is 1. The highest BCUT2D eigenvalue weighted by Crippen LogP contribution is 2.29. The molecule has 106 valence electrons. The molecule has 2 rings (SSSR count). The average molecular weight is 276 g/mol. The Bertz CT molecular complexity index is 639. The van der Waals surface area contributed by atoms with Gasteiger partial charge in [-0.2, -0.15) is 0 Å². The van der Waals surface area contributed by atoms with E-state index in [0.29, 0.717) is 5.56 Å². The molecule has 1 aromatic carbocycles. The normalized spacial score (nSPS) is 12.5. The second kappa shape index (κ2) is 5.67. The fourth-order valence-electron chi connectivity index (χ4n) is 2.40. The van der Waals surface area contributed by atoms with Crippen LogP contribution in [0.2, 0.25) is 0 Å². The largest absolute Gasteiger partial charge is 0.309 e. The van der Waals surface area contributed by atoms with Gasteiger partial charge in [-0.15, -0.1) is 0 Å². The first kappa shape index (κ1) is 14.6. The molecule has 20 heavy (non-hydrogen) atoms. The predicted molar refractivity (Wildman–Crippen MR) is 75.7 cm³/mol. The summed E-state index contributed by atoms with van der Waals surface area (Å²) in [5.74, 6) is -1.06. The number of nitrogens with one attached hydrogen (secondary N) is 1. The van der Waals surface area contributed by atoms with Crippen molar-refractivity contribution in [2.24, 2.45) is 0 Å². The molecule has 1 aromatic heterocycles. The van der Waals surface area contributed by atoms with Gasteiger partial charge in [-0.3, -0.25) is 4.98 Å². The van der Waals surface area contributed by atoms with E-state index >= 15 is 0 Å². The van der Waals surface area contributed by atoms with Crippen molar-refractivity contribution in [2.75, 3.05) is 7.05 Å². The molecular formula is C16H18F2N2. The number of halogens is 2. The summed E-state index contributed by atoms with van der Waals surface area (Å²) in [6, 6.07) is 5.90. The summed E-state index contributed by atoms with van der Waals surface area (Å²) in [5, 5.41) is 2.98. The molecular weight excluding hydrogens is 258 g/mol. The summed E-state index contributed by atoms with van der Waals surface area (Å²) < 4.78 is 28.4. The van der Waals surface area contributed by atoms with Crippen LogP contribution in [0.5, 0.6) is 0 Å². The molecule has 0 amide bonds. The fraction of sp³-hybridized carbons (Fsp3) is 0.312. The third-order valence-electron chi connectivity index (χ3n) is 3.47. The number of aromatic nitrogens is 1. The van der Waals surface area contributed by atoms with Crippen LogP contribution >= 0.6 is 0 Å². The first-order valence-electron chi connectivity index (χ1n) is 6.51. The molecule has 0 aliphatic rings. The quantitative estimate of drug-likeness (QED) is 0.926. The van der Waals surface area contributed by atoms with Crippen molar-refractivity contribution in [1.82, 2.24) is 10.3 Å². The van der Waals surface area contributed by atoms with Crippen LogP contribution in [-0.4, -0.2) is 12.0 Å². The van der Waals surface area contributed by atoms with Gasteiger partial charge in [0.25, 0.3) is 0 Å². The third-order valence-corrected chi connectivity index (χ3v) is 3.47. The summed E-state index contributed by atoms with van der Waals surface area (Å²) in [6.45, 7) is 5.36. The van der Waals surface area contributed by atoms with Gasteiger partial charge in [-0.25, -0.2) is 8.78 Å². The number of benzene rings is 1. The zero-order valence-electron chi connectivity index (χ0n) is 12.1. The maximum atomic E-state index is 14.3. The molecule has 4 heteroatoms. The summed E-state index contributed by atoms with van der Waals surface area (Å²) in [4.78, 5) is 4.36. The van der Waals surface area contributed by atoms with E-state index in [9.17, 15) is 8.78 Å². The topological polar surface area (TPSA) is 24.9 Å². The van der Waals surface area contributed by atoms with Gasteiger partial charge < -0.3 is 5.32 Å². The van der Waals surface area contributed by atoms with E-state index in [1.807, 2.05) is 26.0 Å². The first-order chi connectivity index (χ1) is 9.45. The summed E-state index contributed by atoms with van der Waals surface area (Å²) in [7, 11) is 1.69. The van der Waals surface area contributed by atoms with Crippen LogP contribution < -0.4 is 5.32 Å². The Labute approximate surface area is 117 Å². The standard InChI is InChI=1S/C16H18F2N2/c1-9-5-8-13(17)14(15(9)18)16(19-4)12-7-6-10(2)20-11(12)3/h5-8,16,19H,1-4H3. The Morgan fingerprint density at radius 3 is 2.35 bits per heavy atom. The molecule has 1 N–H and O–H groups in total. The molecule has 2 aromatic rings. The number of hydrogen-bond acceptors (Lipinski definition) is 2. The van der Waals surface area contributed by atoms with Crippen molar-refractivity contribution in [1.29, 1.82) is 0 Å². The van der Waals surface area contributed by atoms with Crippen LogP contribution in [0.4, 0.5) is 8.78 Å². The summed E-state index contributed by atoms with van der Waals surface area (Å²) in [6.07, 6.45) is 0. The lowest BCUT2D eigenvalue weighted by molar-refractivity contribution is 0.516. The van der Waals surface area contributed by atoms with Gasteiger partial charge in [0.05, 0.1) is 6.04 Å². The minimum Gasteiger partial charge on any atom is -0.309 e. The molecule has 0 saturated carbocycles. The van der Waals surface area contributed by atoms with Gasteiger partial charge in [0, 0.05) is 17.0 Å². The highest BCUT2D eigenvalue weighted by atomic mass is 19.1. The second-order valence-corrected chi connectivity index (χ2v) is 4.94. The SMILES string of the molecule is CNC(c1ccc(C)nc1C)c1c(F)ccc(C)c1F. The molecule has 1 unspecified atom stereocenters. The Balaban J connectivity index is 2.61. The molecule has 0 bridgehead atoms. The van der Waals surface area contributed by atoms with Crippen LogP contribution in [0, 0.1) is 32.4 Å². The predicted octanol–water partition coefficient (Wildman–Crippen LogP) is 3.59. The van der Waals surface area contributed by atoms with E-state index in [1.54, 1.807) is 14.0 Å². The van der Waals surface area contributed by atoms with E-state index in [1.165, 1.54) is 12.1 Å². The van der Waals surface area contributed by atoms with E-state index in [4.69, 9.17) is 0 Å². The average Bonchev–Trinajstić information content (AvgIpc) is 2.40. The first-order valence-corrected chi connectivity index (χ1v) is 6.51. The number of nitrogens with zero attached hydrogens (tertiary/aromatic N) is 1. The van der Waals surface area contributed by atoms with Gasteiger partial charge in [0.1, 0.15) is 11.6 Å². The molecule has 0 aliphatic carbocycles. The van der Waals surface area contributed by atoms with Crippen LogP contribution in [0.1, 0.15) is 34.1 Å². The van der Waals surface area contributed by atoms with Crippen LogP contribution in [0.3, 0.4) is 0 Å². The minimum atomic E-state index is -0.553. The molecule has 0 fully saturated rings. The Hall–Kier alpha value is -1.81. The van der Waals surface area contributed by atoms with Crippen molar-refractivity contribution in [3.05, 3.63) is 64.0 Å². The third kappa shape index (κ3) is 2.56. The molecule has 1 heterocycles.